The van der Waals surface area contributed by atoms with Crippen LogP contribution in [0.3, 0.4) is 0 Å². The standard InChI is InChI=1S/C12H17BrN2O3S/c1-2-19(17,18)7-6-14-9-12(16)15-11-5-3-4-10(13)8-11/h3-5,8,14H,2,6-7,9H2,1H3,(H,15,16). The predicted molar refractivity (Wildman–Crippen MR) is 80.0 cm³/mol. The number of sulfone groups is 1. The Morgan fingerprint density at radius 2 is 2.11 bits per heavy atom. The zero-order valence-corrected chi connectivity index (χ0v) is 13.1. The van der Waals surface area contributed by atoms with Crippen molar-refractivity contribution >= 4 is 37.4 Å². The zero-order chi connectivity index (χ0) is 14.3. The molecule has 0 aromatic heterocycles. The first-order valence-electron chi connectivity index (χ1n) is 5.89. The van der Waals surface area contributed by atoms with Crippen molar-refractivity contribution in [3.8, 4) is 0 Å². The molecule has 0 aliphatic carbocycles. The molecule has 0 saturated heterocycles. The molecule has 1 rings (SSSR count). The van der Waals surface area contributed by atoms with Gasteiger partial charge in [0.25, 0.3) is 0 Å². The number of anilines is 1. The Bertz CT molecular complexity index is 532. The molecule has 106 valence electrons. The highest BCUT2D eigenvalue weighted by Gasteiger charge is 2.07. The summed E-state index contributed by atoms with van der Waals surface area (Å²) in [6, 6.07) is 7.26. The lowest BCUT2D eigenvalue weighted by molar-refractivity contribution is -0.115. The number of benzene rings is 1. The van der Waals surface area contributed by atoms with E-state index in [0.717, 1.165) is 4.47 Å². The Morgan fingerprint density at radius 1 is 1.37 bits per heavy atom. The van der Waals surface area contributed by atoms with E-state index in [4.69, 9.17) is 0 Å². The number of carbonyl (C=O) groups excluding carboxylic acids is 1. The second kappa shape index (κ2) is 7.62. The fraction of sp³-hybridized carbons (Fsp3) is 0.417. The van der Waals surface area contributed by atoms with Gasteiger partial charge in [0.2, 0.25) is 5.91 Å². The molecular weight excluding hydrogens is 332 g/mol. The van der Waals surface area contributed by atoms with E-state index >= 15 is 0 Å². The van der Waals surface area contributed by atoms with Crippen molar-refractivity contribution in [2.24, 2.45) is 0 Å². The lowest BCUT2D eigenvalue weighted by Crippen LogP contribution is -2.31. The highest BCUT2D eigenvalue weighted by Crippen LogP contribution is 2.15. The summed E-state index contributed by atoms with van der Waals surface area (Å²) >= 11 is 3.31. The summed E-state index contributed by atoms with van der Waals surface area (Å²) < 4.78 is 23.3. The fourth-order valence-corrected chi connectivity index (χ4v) is 2.49. The minimum atomic E-state index is -2.98. The largest absolute Gasteiger partial charge is 0.325 e. The molecule has 7 heteroatoms. The van der Waals surface area contributed by atoms with E-state index in [0.29, 0.717) is 5.69 Å². The molecule has 0 heterocycles. The first-order chi connectivity index (χ1) is 8.93. The van der Waals surface area contributed by atoms with E-state index in [1.165, 1.54) is 0 Å². The average molecular weight is 349 g/mol. The fourth-order valence-electron chi connectivity index (χ4n) is 1.35. The average Bonchev–Trinajstić information content (AvgIpc) is 2.35. The van der Waals surface area contributed by atoms with Crippen LogP contribution in [0.15, 0.2) is 28.7 Å². The smallest absolute Gasteiger partial charge is 0.238 e. The minimum Gasteiger partial charge on any atom is -0.325 e. The number of nitrogens with one attached hydrogen (secondary N) is 2. The molecular formula is C12H17BrN2O3S. The lowest BCUT2D eigenvalue weighted by Gasteiger charge is -2.07. The van der Waals surface area contributed by atoms with Gasteiger partial charge in [-0.15, -0.1) is 0 Å². The first-order valence-corrected chi connectivity index (χ1v) is 8.51. The number of rotatable bonds is 7. The third-order valence-electron chi connectivity index (χ3n) is 2.42. The summed E-state index contributed by atoms with van der Waals surface area (Å²) in [7, 11) is -2.98. The second-order valence-corrected chi connectivity index (χ2v) is 7.36. The van der Waals surface area contributed by atoms with Crippen molar-refractivity contribution in [1.29, 1.82) is 0 Å². The van der Waals surface area contributed by atoms with Crippen LogP contribution in [0.4, 0.5) is 5.69 Å². The Balaban J connectivity index is 2.29. The maximum Gasteiger partial charge on any atom is 0.238 e. The molecule has 1 amide bonds. The predicted octanol–water partition coefficient (Wildman–Crippen LogP) is 1.41. The highest BCUT2D eigenvalue weighted by atomic mass is 79.9. The number of amides is 1. The molecule has 0 radical (unpaired) electrons. The summed E-state index contributed by atoms with van der Waals surface area (Å²) in [5, 5.41) is 5.52. The Morgan fingerprint density at radius 3 is 2.74 bits per heavy atom. The quantitative estimate of drug-likeness (QED) is 0.730. The van der Waals surface area contributed by atoms with Gasteiger partial charge in [0.15, 0.2) is 9.84 Å². The third-order valence-corrected chi connectivity index (χ3v) is 4.62. The molecule has 2 N–H and O–H groups in total. The Labute approximate surface area is 121 Å². The number of halogens is 1. The van der Waals surface area contributed by atoms with E-state index in [1.54, 1.807) is 19.1 Å². The van der Waals surface area contributed by atoms with Crippen LogP contribution in [0.1, 0.15) is 6.92 Å². The SMILES string of the molecule is CCS(=O)(=O)CCNCC(=O)Nc1cccc(Br)c1. The van der Waals surface area contributed by atoms with Gasteiger partial charge in [-0.2, -0.15) is 0 Å². The van der Waals surface area contributed by atoms with Gasteiger partial charge in [0.1, 0.15) is 0 Å². The van der Waals surface area contributed by atoms with Crippen LogP contribution in [-0.4, -0.2) is 38.9 Å². The molecule has 5 nitrogen and oxygen atoms in total. The van der Waals surface area contributed by atoms with Crippen molar-refractivity contribution in [3.05, 3.63) is 28.7 Å². The molecule has 0 aliphatic heterocycles. The van der Waals surface area contributed by atoms with Gasteiger partial charge in [0.05, 0.1) is 12.3 Å². The van der Waals surface area contributed by atoms with E-state index < -0.39 is 9.84 Å². The molecule has 0 spiro atoms. The molecule has 0 bridgehead atoms. The maximum absolute atomic E-state index is 11.6. The molecule has 0 saturated carbocycles. The van der Waals surface area contributed by atoms with Gasteiger partial charge in [-0.25, -0.2) is 8.42 Å². The van der Waals surface area contributed by atoms with E-state index in [-0.39, 0.29) is 30.5 Å². The second-order valence-electron chi connectivity index (χ2n) is 3.97. The molecule has 0 aliphatic rings. The summed E-state index contributed by atoms with van der Waals surface area (Å²) in [6.45, 7) is 1.98. The number of carbonyl (C=O) groups is 1. The van der Waals surface area contributed by atoms with Crippen LogP contribution >= 0.6 is 15.9 Å². The normalized spacial score (nSPS) is 11.3. The summed E-state index contributed by atoms with van der Waals surface area (Å²) in [4.78, 5) is 11.6. The van der Waals surface area contributed by atoms with Crippen LogP contribution in [0, 0.1) is 0 Å². The zero-order valence-electron chi connectivity index (χ0n) is 10.6. The minimum absolute atomic E-state index is 0.0493. The van der Waals surface area contributed by atoms with Crippen LogP contribution in [0.2, 0.25) is 0 Å². The molecule has 19 heavy (non-hydrogen) atoms. The lowest BCUT2D eigenvalue weighted by atomic mass is 10.3. The Hall–Kier alpha value is -0.920. The monoisotopic (exact) mass is 348 g/mol. The van der Waals surface area contributed by atoms with Gasteiger partial charge >= 0.3 is 0 Å². The first kappa shape index (κ1) is 16.1. The molecule has 1 aromatic carbocycles. The molecule has 0 unspecified atom stereocenters. The van der Waals surface area contributed by atoms with Crippen molar-refractivity contribution in [2.75, 3.05) is 29.9 Å². The van der Waals surface area contributed by atoms with Crippen molar-refractivity contribution < 1.29 is 13.2 Å². The Kier molecular flexibility index (Phi) is 6.47. The number of hydrogen-bond acceptors (Lipinski definition) is 4. The third kappa shape index (κ3) is 6.70. The van der Waals surface area contributed by atoms with Crippen LogP contribution in [0.5, 0.6) is 0 Å². The van der Waals surface area contributed by atoms with Gasteiger partial charge in [-0.3, -0.25) is 4.79 Å². The summed E-state index contributed by atoms with van der Waals surface area (Å²) in [5.41, 5.74) is 0.697. The molecule has 0 fully saturated rings. The van der Waals surface area contributed by atoms with Gasteiger partial charge < -0.3 is 10.6 Å². The topological polar surface area (TPSA) is 75.3 Å². The van der Waals surface area contributed by atoms with Crippen LogP contribution < -0.4 is 10.6 Å². The van der Waals surface area contributed by atoms with E-state index in [9.17, 15) is 13.2 Å². The molecule has 1 aromatic rings. The van der Waals surface area contributed by atoms with Gasteiger partial charge in [0, 0.05) is 22.5 Å². The van der Waals surface area contributed by atoms with Crippen molar-refractivity contribution in [1.82, 2.24) is 5.32 Å². The van der Waals surface area contributed by atoms with E-state index in [2.05, 4.69) is 26.6 Å². The maximum atomic E-state index is 11.6. The highest BCUT2D eigenvalue weighted by molar-refractivity contribution is 9.10. The van der Waals surface area contributed by atoms with Crippen LogP contribution in [0.25, 0.3) is 0 Å². The summed E-state index contributed by atoms with van der Waals surface area (Å²) in [6.07, 6.45) is 0. The van der Waals surface area contributed by atoms with Crippen LogP contribution in [-0.2, 0) is 14.6 Å². The molecule has 0 atom stereocenters. The van der Waals surface area contributed by atoms with Gasteiger partial charge in [-0.05, 0) is 18.2 Å². The summed E-state index contributed by atoms with van der Waals surface area (Å²) in [5.74, 6) is -0.0287. The number of hydrogen-bond donors (Lipinski definition) is 2. The van der Waals surface area contributed by atoms with E-state index in [1.807, 2.05) is 12.1 Å². The van der Waals surface area contributed by atoms with Crippen molar-refractivity contribution in [3.63, 3.8) is 0 Å². The van der Waals surface area contributed by atoms with Crippen molar-refractivity contribution in [2.45, 2.75) is 6.92 Å². The van der Waals surface area contributed by atoms with Gasteiger partial charge in [-0.1, -0.05) is 28.9 Å².